The van der Waals surface area contributed by atoms with E-state index in [1.54, 1.807) is 19.2 Å². The molecule has 0 radical (unpaired) electrons. The van der Waals surface area contributed by atoms with Crippen LogP contribution in [-0.4, -0.2) is 33.5 Å². The van der Waals surface area contributed by atoms with Crippen LogP contribution < -0.4 is 5.32 Å². The third kappa shape index (κ3) is 4.92. The number of hydrogen-bond acceptors (Lipinski definition) is 3. The molecule has 0 aliphatic heterocycles. The molecule has 0 amide bonds. The number of anilines is 1. The lowest BCUT2D eigenvalue weighted by atomic mass is 10.3. The second-order valence-electron chi connectivity index (χ2n) is 3.16. The molecule has 5 heteroatoms. The minimum atomic E-state index is -0.272. The predicted molar refractivity (Wildman–Crippen MR) is 65.3 cm³/mol. The minimum Gasteiger partial charge on any atom is -0.382 e. The van der Waals surface area contributed by atoms with Gasteiger partial charge in [-0.25, -0.2) is 4.39 Å². The topological polar surface area (TPSA) is 30.5 Å². The molecule has 1 rings (SSSR count). The normalized spacial score (nSPS) is 10.4. The monoisotopic (exact) mass is 291 g/mol. The van der Waals surface area contributed by atoms with E-state index in [0.29, 0.717) is 32.1 Å². The van der Waals surface area contributed by atoms with Crippen LogP contribution in [0.15, 0.2) is 22.7 Å². The summed E-state index contributed by atoms with van der Waals surface area (Å²) in [6, 6.07) is 4.90. The molecule has 0 spiro atoms. The van der Waals surface area contributed by atoms with Gasteiger partial charge in [0, 0.05) is 18.1 Å². The summed E-state index contributed by atoms with van der Waals surface area (Å²) >= 11 is 3.20. The zero-order valence-corrected chi connectivity index (χ0v) is 10.7. The van der Waals surface area contributed by atoms with Crippen LogP contribution in [0.3, 0.4) is 0 Å². The third-order valence-corrected chi connectivity index (χ3v) is 2.42. The molecule has 0 saturated heterocycles. The lowest BCUT2D eigenvalue weighted by molar-refractivity contribution is 0.0759. The van der Waals surface area contributed by atoms with E-state index in [9.17, 15) is 4.39 Å². The zero-order valence-electron chi connectivity index (χ0n) is 9.13. The van der Waals surface area contributed by atoms with Gasteiger partial charge in [-0.15, -0.1) is 0 Å². The van der Waals surface area contributed by atoms with Gasteiger partial charge in [-0.05, 0) is 18.2 Å². The molecule has 1 aromatic carbocycles. The molecule has 3 nitrogen and oxygen atoms in total. The van der Waals surface area contributed by atoms with Crippen LogP contribution in [0.5, 0.6) is 0 Å². The molecule has 0 bridgehead atoms. The van der Waals surface area contributed by atoms with Crippen LogP contribution in [-0.2, 0) is 9.47 Å². The Balaban J connectivity index is 2.21. The first-order chi connectivity index (χ1) is 7.74. The van der Waals surface area contributed by atoms with Crippen molar-refractivity contribution in [3.8, 4) is 0 Å². The lowest BCUT2D eigenvalue weighted by Crippen LogP contribution is -2.12. The van der Waals surface area contributed by atoms with E-state index in [-0.39, 0.29) is 5.82 Å². The number of nitrogens with one attached hydrogen (secondary N) is 1. The van der Waals surface area contributed by atoms with Crippen LogP contribution in [0.2, 0.25) is 0 Å². The van der Waals surface area contributed by atoms with E-state index in [4.69, 9.17) is 9.47 Å². The zero-order chi connectivity index (χ0) is 11.8. The van der Waals surface area contributed by atoms with E-state index < -0.39 is 0 Å². The van der Waals surface area contributed by atoms with Crippen molar-refractivity contribution >= 4 is 21.6 Å². The smallest absolute Gasteiger partial charge is 0.147 e. The van der Waals surface area contributed by atoms with Crippen molar-refractivity contribution in [2.45, 2.75) is 0 Å². The van der Waals surface area contributed by atoms with Gasteiger partial charge in [0.1, 0.15) is 5.82 Å². The minimum absolute atomic E-state index is 0.272. The largest absolute Gasteiger partial charge is 0.382 e. The molecule has 1 aromatic rings. The maximum absolute atomic E-state index is 13.3. The summed E-state index contributed by atoms with van der Waals surface area (Å²) in [6.07, 6.45) is 0. The Labute approximate surface area is 103 Å². The maximum atomic E-state index is 13.3. The molecule has 90 valence electrons. The van der Waals surface area contributed by atoms with Crippen molar-refractivity contribution in [2.24, 2.45) is 0 Å². The van der Waals surface area contributed by atoms with Gasteiger partial charge in [0.15, 0.2) is 0 Å². The van der Waals surface area contributed by atoms with E-state index >= 15 is 0 Å². The van der Waals surface area contributed by atoms with Crippen molar-refractivity contribution < 1.29 is 13.9 Å². The summed E-state index contributed by atoms with van der Waals surface area (Å²) in [6.45, 7) is 2.23. The third-order valence-electron chi connectivity index (χ3n) is 1.92. The quantitative estimate of drug-likeness (QED) is 0.784. The van der Waals surface area contributed by atoms with Gasteiger partial charge in [0.25, 0.3) is 0 Å². The van der Waals surface area contributed by atoms with Gasteiger partial charge < -0.3 is 14.8 Å². The van der Waals surface area contributed by atoms with Crippen LogP contribution in [0.25, 0.3) is 0 Å². The van der Waals surface area contributed by atoms with Crippen molar-refractivity contribution in [1.29, 1.82) is 0 Å². The molecule has 1 N–H and O–H groups in total. The van der Waals surface area contributed by atoms with E-state index in [2.05, 4.69) is 21.2 Å². The summed E-state index contributed by atoms with van der Waals surface area (Å²) in [7, 11) is 1.62. The van der Waals surface area contributed by atoms with Gasteiger partial charge in [-0.3, -0.25) is 0 Å². The highest BCUT2D eigenvalue weighted by atomic mass is 79.9. The maximum Gasteiger partial charge on any atom is 0.147 e. The van der Waals surface area contributed by atoms with Crippen molar-refractivity contribution in [1.82, 2.24) is 0 Å². The molecule has 0 fully saturated rings. The number of rotatable bonds is 7. The fraction of sp³-hybridized carbons (Fsp3) is 0.455. The average molecular weight is 292 g/mol. The Bertz CT molecular complexity index is 323. The van der Waals surface area contributed by atoms with Crippen LogP contribution in [0, 0.1) is 5.82 Å². The number of benzene rings is 1. The highest BCUT2D eigenvalue weighted by Crippen LogP contribution is 2.18. The SMILES string of the molecule is COCCOCCNc1ccc(Br)cc1F. The summed E-state index contributed by atoms with van der Waals surface area (Å²) in [4.78, 5) is 0. The first-order valence-electron chi connectivity index (χ1n) is 4.99. The lowest BCUT2D eigenvalue weighted by Gasteiger charge is -2.08. The van der Waals surface area contributed by atoms with Gasteiger partial charge in [0.05, 0.1) is 25.5 Å². The molecule has 0 heterocycles. The Hall–Kier alpha value is -0.650. The number of methoxy groups -OCH3 is 1. The Kier molecular flexibility index (Phi) is 6.37. The Morgan fingerprint density at radius 1 is 1.31 bits per heavy atom. The van der Waals surface area contributed by atoms with Crippen LogP contribution >= 0.6 is 15.9 Å². The highest BCUT2D eigenvalue weighted by molar-refractivity contribution is 9.10. The summed E-state index contributed by atoms with van der Waals surface area (Å²) in [5.41, 5.74) is 0.485. The summed E-state index contributed by atoms with van der Waals surface area (Å²) in [5.74, 6) is -0.272. The second-order valence-corrected chi connectivity index (χ2v) is 4.07. The van der Waals surface area contributed by atoms with Gasteiger partial charge in [0.2, 0.25) is 0 Å². The molecular weight excluding hydrogens is 277 g/mol. The molecule has 16 heavy (non-hydrogen) atoms. The molecule has 0 aliphatic rings. The van der Waals surface area contributed by atoms with Crippen molar-refractivity contribution in [3.63, 3.8) is 0 Å². The Morgan fingerprint density at radius 2 is 2.12 bits per heavy atom. The fourth-order valence-corrected chi connectivity index (χ4v) is 1.47. The molecule has 0 aliphatic carbocycles. The molecule has 0 atom stereocenters. The first kappa shape index (κ1) is 13.4. The van der Waals surface area contributed by atoms with Crippen LogP contribution in [0.4, 0.5) is 10.1 Å². The average Bonchev–Trinajstić information content (AvgIpc) is 2.26. The van der Waals surface area contributed by atoms with Crippen molar-refractivity contribution in [2.75, 3.05) is 38.8 Å². The molecule has 0 aromatic heterocycles. The number of halogens is 2. The molecule has 0 unspecified atom stereocenters. The van der Waals surface area contributed by atoms with Crippen molar-refractivity contribution in [3.05, 3.63) is 28.5 Å². The standard InChI is InChI=1S/C11H15BrFNO2/c1-15-6-7-16-5-4-14-11-3-2-9(12)8-10(11)13/h2-3,8,14H,4-7H2,1H3. The molecule has 0 saturated carbocycles. The van der Waals surface area contributed by atoms with Gasteiger partial charge in [-0.2, -0.15) is 0 Å². The number of ether oxygens (including phenoxy) is 2. The highest BCUT2D eigenvalue weighted by Gasteiger charge is 2.01. The second kappa shape index (κ2) is 7.60. The fourth-order valence-electron chi connectivity index (χ4n) is 1.14. The van der Waals surface area contributed by atoms with Gasteiger partial charge in [-0.1, -0.05) is 15.9 Å². The van der Waals surface area contributed by atoms with E-state index in [0.717, 1.165) is 4.47 Å². The van der Waals surface area contributed by atoms with Gasteiger partial charge >= 0.3 is 0 Å². The first-order valence-corrected chi connectivity index (χ1v) is 5.79. The molecular formula is C11H15BrFNO2. The number of hydrogen-bond donors (Lipinski definition) is 1. The Morgan fingerprint density at radius 3 is 2.81 bits per heavy atom. The predicted octanol–water partition coefficient (Wildman–Crippen LogP) is 2.66. The van der Waals surface area contributed by atoms with E-state index in [1.807, 2.05) is 0 Å². The van der Waals surface area contributed by atoms with E-state index in [1.165, 1.54) is 6.07 Å². The summed E-state index contributed by atoms with van der Waals surface area (Å²) in [5, 5.41) is 2.96. The summed E-state index contributed by atoms with van der Waals surface area (Å²) < 4.78 is 24.1. The van der Waals surface area contributed by atoms with Crippen LogP contribution in [0.1, 0.15) is 0 Å².